The van der Waals surface area contributed by atoms with Crippen molar-refractivity contribution in [1.82, 2.24) is 14.7 Å². The quantitative estimate of drug-likeness (QED) is 0.633. The highest BCUT2D eigenvalue weighted by Gasteiger charge is 2.38. The van der Waals surface area contributed by atoms with E-state index in [1.807, 2.05) is 31.7 Å². The predicted octanol–water partition coefficient (Wildman–Crippen LogP) is 2.49. The van der Waals surface area contributed by atoms with Gasteiger partial charge in [-0.1, -0.05) is 11.6 Å². The van der Waals surface area contributed by atoms with Crippen LogP contribution >= 0.6 is 11.6 Å². The molecule has 0 spiro atoms. The summed E-state index contributed by atoms with van der Waals surface area (Å²) in [7, 11) is 0. The zero-order valence-electron chi connectivity index (χ0n) is 20.1. The lowest BCUT2D eigenvalue weighted by molar-refractivity contribution is -0.131. The zero-order valence-corrected chi connectivity index (χ0v) is 20.9. The largest absolute Gasteiger partial charge is 0.444 e. The van der Waals surface area contributed by atoms with Gasteiger partial charge in [0.1, 0.15) is 5.60 Å². The summed E-state index contributed by atoms with van der Waals surface area (Å²) < 4.78 is 5.42. The van der Waals surface area contributed by atoms with Gasteiger partial charge in [0.25, 0.3) is 5.91 Å². The van der Waals surface area contributed by atoms with Crippen LogP contribution in [-0.4, -0.2) is 90.1 Å². The fourth-order valence-corrected chi connectivity index (χ4v) is 4.75. The number of nitrogens with zero attached hydrogens (tertiary/aromatic N) is 3. The fourth-order valence-electron chi connectivity index (χ4n) is 4.43. The lowest BCUT2D eigenvalue weighted by Crippen LogP contribution is -2.65. The van der Waals surface area contributed by atoms with Gasteiger partial charge >= 0.3 is 6.09 Å². The van der Waals surface area contributed by atoms with Crippen LogP contribution in [0.15, 0.2) is 12.1 Å². The van der Waals surface area contributed by atoms with Gasteiger partial charge in [-0.05, 0) is 57.2 Å². The summed E-state index contributed by atoms with van der Waals surface area (Å²) in [5, 5.41) is 3.66. The Morgan fingerprint density at radius 2 is 1.74 bits per heavy atom. The number of nitrogens with one attached hydrogen (secondary N) is 1. The number of nitrogens with two attached hydrogens (primary N) is 1. The number of ether oxygens (including phenoxy) is 1. The normalized spacial score (nSPS) is 19.5. The molecule has 0 unspecified atom stereocenters. The Balaban J connectivity index is 1.25. The molecule has 0 aromatic heterocycles. The number of primary amides is 1. The number of carbonyl (C=O) groups excluding carboxylic acids is 3. The lowest BCUT2D eigenvalue weighted by atomic mass is 10.0. The van der Waals surface area contributed by atoms with Crippen LogP contribution in [0.3, 0.4) is 0 Å². The third kappa shape index (κ3) is 5.75. The maximum atomic E-state index is 12.8. The molecule has 0 bridgehead atoms. The van der Waals surface area contributed by atoms with Crippen LogP contribution in [0.4, 0.5) is 10.5 Å². The van der Waals surface area contributed by atoms with Crippen LogP contribution in [0.2, 0.25) is 5.02 Å². The first-order valence-corrected chi connectivity index (χ1v) is 12.3. The van der Waals surface area contributed by atoms with Gasteiger partial charge in [-0.25, -0.2) is 4.79 Å². The van der Waals surface area contributed by atoms with Crippen molar-refractivity contribution >= 4 is 35.2 Å². The molecule has 2 saturated heterocycles. The van der Waals surface area contributed by atoms with E-state index in [0.717, 1.165) is 31.5 Å². The minimum Gasteiger partial charge on any atom is -0.444 e. The van der Waals surface area contributed by atoms with Gasteiger partial charge in [-0.3, -0.25) is 14.5 Å². The van der Waals surface area contributed by atoms with Crippen LogP contribution in [0.25, 0.3) is 0 Å². The number of hydrogen-bond acceptors (Lipinski definition) is 6. The number of carbonyl (C=O) groups is 3. The van der Waals surface area contributed by atoms with E-state index in [0.29, 0.717) is 54.4 Å². The number of amides is 3. The van der Waals surface area contributed by atoms with Crippen molar-refractivity contribution in [1.29, 1.82) is 0 Å². The molecule has 10 heteroatoms. The van der Waals surface area contributed by atoms with Crippen molar-refractivity contribution in [3.63, 3.8) is 0 Å². The molecule has 4 rings (SSSR count). The van der Waals surface area contributed by atoms with Crippen molar-refractivity contribution < 1.29 is 19.1 Å². The second-order valence-electron chi connectivity index (χ2n) is 10.4. The summed E-state index contributed by atoms with van der Waals surface area (Å²) in [6.45, 7) is 9.75. The summed E-state index contributed by atoms with van der Waals surface area (Å²) in [6.07, 6.45) is 1.88. The van der Waals surface area contributed by atoms with Crippen LogP contribution in [0.1, 0.15) is 55.5 Å². The molecule has 1 saturated carbocycles. The molecule has 3 amide bonds. The fraction of sp³-hybridized carbons (Fsp3) is 0.625. The summed E-state index contributed by atoms with van der Waals surface area (Å²) >= 11 is 6.33. The van der Waals surface area contributed by atoms with Gasteiger partial charge in [0.05, 0.1) is 12.1 Å². The molecular formula is C24H34ClN5O4. The Morgan fingerprint density at radius 1 is 1.09 bits per heavy atom. The number of anilines is 1. The molecule has 1 aliphatic carbocycles. The molecule has 186 valence electrons. The first-order valence-electron chi connectivity index (χ1n) is 11.9. The topological polar surface area (TPSA) is 108 Å². The summed E-state index contributed by atoms with van der Waals surface area (Å²) in [6, 6.07) is 3.76. The van der Waals surface area contributed by atoms with Crippen molar-refractivity contribution in [2.45, 2.75) is 51.2 Å². The molecule has 0 radical (unpaired) electrons. The lowest BCUT2D eigenvalue weighted by Gasteiger charge is -2.48. The Bertz CT molecular complexity index is 961. The van der Waals surface area contributed by atoms with Crippen molar-refractivity contribution in [2.75, 3.05) is 51.1 Å². The molecule has 3 N–H and O–H groups in total. The maximum Gasteiger partial charge on any atom is 0.410 e. The number of rotatable bonds is 6. The van der Waals surface area contributed by atoms with E-state index in [1.54, 1.807) is 11.0 Å². The second-order valence-corrected chi connectivity index (χ2v) is 10.8. The van der Waals surface area contributed by atoms with Gasteiger partial charge in [-0.15, -0.1) is 0 Å². The molecule has 1 aromatic carbocycles. The van der Waals surface area contributed by atoms with Crippen LogP contribution in [0, 0.1) is 0 Å². The van der Waals surface area contributed by atoms with Crippen molar-refractivity contribution in [3.8, 4) is 0 Å². The summed E-state index contributed by atoms with van der Waals surface area (Å²) in [4.78, 5) is 42.7. The SMILES string of the molecule is CC(C)(C)OC(=O)N1CC(N2CCN(C(=O)CNc3cc(C4CC4)c(Cl)cc3C(N)=O)CC2)C1. The Hall–Kier alpha value is -2.52. The van der Waals surface area contributed by atoms with Crippen molar-refractivity contribution in [2.24, 2.45) is 5.73 Å². The van der Waals surface area contributed by atoms with Gasteiger partial charge in [0, 0.05) is 56.0 Å². The highest BCUT2D eigenvalue weighted by molar-refractivity contribution is 6.32. The molecule has 3 fully saturated rings. The number of likely N-dealkylation sites (tertiary alicyclic amines) is 1. The van der Waals surface area contributed by atoms with E-state index in [1.165, 1.54) is 0 Å². The summed E-state index contributed by atoms with van der Waals surface area (Å²) in [5.74, 6) is -0.188. The second kappa shape index (κ2) is 9.62. The standard InChI is InChI=1S/C24H34ClN5O4/c1-24(2,3)34-23(33)30-13-16(14-30)28-6-8-29(9-7-28)21(31)12-27-20-11-17(15-4-5-15)19(25)10-18(20)22(26)32/h10-11,15-16,27H,4-9,12-14H2,1-3H3,(H2,26,32). The Kier molecular flexibility index (Phi) is 6.96. The van der Waals surface area contributed by atoms with E-state index in [2.05, 4.69) is 10.2 Å². The Morgan fingerprint density at radius 3 is 2.29 bits per heavy atom. The molecule has 9 nitrogen and oxygen atoms in total. The summed E-state index contributed by atoms with van der Waals surface area (Å²) in [5.41, 5.74) is 6.88. The highest BCUT2D eigenvalue weighted by atomic mass is 35.5. The van der Waals surface area contributed by atoms with E-state index in [-0.39, 0.29) is 18.5 Å². The molecule has 2 aliphatic heterocycles. The average molecular weight is 492 g/mol. The van der Waals surface area contributed by atoms with Gasteiger partial charge < -0.3 is 25.6 Å². The van der Waals surface area contributed by atoms with E-state index in [4.69, 9.17) is 22.1 Å². The maximum absolute atomic E-state index is 12.8. The first-order chi connectivity index (χ1) is 16.0. The van der Waals surface area contributed by atoms with E-state index in [9.17, 15) is 14.4 Å². The van der Waals surface area contributed by atoms with Gasteiger partial charge in [-0.2, -0.15) is 0 Å². The zero-order chi connectivity index (χ0) is 24.6. The smallest absolute Gasteiger partial charge is 0.410 e. The minimum absolute atomic E-state index is 0.0259. The number of halogens is 1. The number of benzene rings is 1. The predicted molar refractivity (Wildman–Crippen MR) is 130 cm³/mol. The molecule has 0 atom stereocenters. The average Bonchev–Trinajstić information content (AvgIpc) is 3.55. The molecule has 34 heavy (non-hydrogen) atoms. The Labute approximate surface area is 205 Å². The van der Waals surface area contributed by atoms with Crippen LogP contribution < -0.4 is 11.1 Å². The van der Waals surface area contributed by atoms with E-state index < -0.39 is 11.5 Å². The monoisotopic (exact) mass is 491 g/mol. The third-order valence-corrected chi connectivity index (χ3v) is 6.87. The van der Waals surface area contributed by atoms with Gasteiger partial charge in [0.2, 0.25) is 5.91 Å². The highest BCUT2D eigenvalue weighted by Crippen LogP contribution is 2.44. The minimum atomic E-state index is -0.575. The van der Waals surface area contributed by atoms with Crippen LogP contribution in [0.5, 0.6) is 0 Å². The van der Waals surface area contributed by atoms with Crippen molar-refractivity contribution in [3.05, 3.63) is 28.3 Å². The first kappa shape index (κ1) is 24.6. The molecule has 2 heterocycles. The number of hydrogen-bond donors (Lipinski definition) is 2. The van der Waals surface area contributed by atoms with E-state index >= 15 is 0 Å². The molecule has 1 aromatic rings. The third-order valence-electron chi connectivity index (χ3n) is 6.55. The van der Waals surface area contributed by atoms with Crippen LogP contribution in [-0.2, 0) is 9.53 Å². The molecular weight excluding hydrogens is 458 g/mol. The molecule has 3 aliphatic rings. The number of piperazine rings is 1. The van der Waals surface area contributed by atoms with Gasteiger partial charge in [0.15, 0.2) is 0 Å².